The van der Waals surface area contributed by atoms with Crippen molar-refractivity contribution in [2.75, 3.05) is 0 Å². The Balaban J connectivity index is 1.23. The van der Waals surface area contributed by atoms with E-state index in [2.05, 4.69) is 290 Å². The van der Waals surface area contributed by atoms with Crippen molar-refractivity contribution in [3.05, 3.63) is 267 Å². The highest BCUT2D eigenvalue weighted by Gasteiger charge is 2.34. The number of hydrogen-bond donors (Lipinski definition) is 0. The zero-order chi connectivity index (χ0) is 50.3. The van der Waals surface area contributed by atoms with E-state index >= 15 is 0 Å². The van der Waals surface area contributed by atoms with Crippen LogP contribution in [0.1, 0.15) is 0 Å². The van der Waals surface area contributed by atoms with Crippen LogP contribution < -0.4 is 0 Å². The first-order valence-electron chi connectivity index (χ1n) is 26.4. The first-order valence-corrected chi connectivity index (χ1v) is 26.4. The lowest BCUT2D eigenvalue weighted by Gasteiger charge is -2.27. The fourth-order valence-corrected chi connectivity index (χ4v) is 13.2. The smallest absolute Gasteiger partial charge is 0.165 e. The van der Waals surface area contributed by atoms with E-state index < -0.39 is 0 Å². The number of aromatic nitrogens is 6. The van der Waals surface area contributed by atoms with E-state index in [0.717, 1.165) is 122 Å². The van der Waals surface area contributed by atoms with Crippen LogP contribution in [0.4, 0.5) is 0 Å². The third-order valence-electron chi connectivity index (χ3n) is 16.3. The average molecular weight is 981 g/mol. The second-order valence-electron chi connectivity index (χ2n) is 20.2. The van der Waals surface area contributed by atoms with Gasteiger partial charge in [0, 0.05) is 70.7 Å². The molecule has 0 radical (unpaired) electrons. The fourth-order valence-electron chi connectivity index (χ4n) is 13.2. The summed E-state index contributed by atoms with van der Waals surface area (Å²) in [4.78, 5) is 6.46. The Morgan fingerprint density at radius 3 is 0.805 bits per heavy atom. The minimum absolute atomic E-state index is 0.810. The van der Waals surface area contributed by atoms with E-state index in [-0.39, 0.29) is 0 Å². The molecule has 0 bridgehead atoms. The number of rotatable bonds is 6. The number of nitrogens with zero attached hydrogens (tertiary/aromatic N) is 6. The Morgan fingerprint density at radius 2 is 0.468 bits per heavy atom. The lowest BCUT2D eigenvalue weighted by atomic mass is 9.97. The molecule has 6 aromatic heterocycles. The maximum Gasteiger partial charge on any atom is 0.165 e. The van der Waals surface area contributed by atoms with Gasteiger partial charge in [0.25, 0.3) is 0 Å². The van der Waals surface area contributed by atoms with Gasteiger partial charge in [-0.3, -0.25) is 9.13 Å². The molecule has 6 heteroatoms. The van der Waals surface area contributed by atoms with E-state index in [0.29, 0.717) is 0 Å². The van der Waals surface area contributed by atoms with Crippen LogP contribution >= 0.6 is 0 Å². The van der Waals surface area contributed by atoms with Gasteiger partial charge in [-0.2, -0.15) is 0 Å². The van der Waals surface area contributed by atoms with Crippen LogP contribution in [-0.2, 0) is 0 Å². The van der Waals surface area contributed by atoms with Crippen LogP contribution in [0.3, 0.4) is 0 Å². The Morgan fingerprint density at radius 1 is 0.208 bits per heavy atom. The fraction of sp³-hybridized carbons (Fsp3) is 0. The van der Waals surface area contributed by atoms with E-state index in [4.69, 9.17) is 4.98 Å². The number of fused-ring (bicyclic) bond motifs is 15. The lowest BCUT2D eigenvalue weighted by Crippen LogP contribution is -2.16. The molecule has 0 unspecified atom stereocenters. The highest BCUT2D eigenvalue weighted by Crippen LogP contribution is 2.51. The quantitative estimate of drug-likeness (QED) is 0.164. The van der Waals surface area contributed by atoms with Gasteiger partial charge in [-0.1, -0.05) is 200 Å². The summed E-state index contributed by atoms with van der Waals surface area (Å²) < 4.78 is 12.5. The third-order valence-corrected chi connectivity index (χ3v) is 16.3. The molecule has 0 spiro atoms. The van der Waals surface area contributed by atoms with Gasteiger partial charge in [0.2, 0.25) is 0 Å². The molecule has 0 atom stereocenters. The van der Waals surface area contributed by atoms with Crippen LogP contribution in [-0.4, -0.2) is 27.8 Å². The minimum Gasteiger partial charge on any atom is -0.309 e. The normalized spacial score (nSPS) is 12.2. The molecule has 0 aliphatic carbocycles. The molecule has 0 saturated carbocycles. The number of pyridine rings is 1. The summed E-state index contributed by atoms with van der Waals surface area (Å²) in [6.45, 7) is 0. The zero-order valence-electron chi connectivity index (χ0n) is 41.6. The molecule has 0 aliphatic heterocycles. The standard InChI is InChI=1S/C71H44N6/c1-2-23-45(24-3-1)73-57-36-13-12-33-54(57)55-34-22-35-56(67(55)73)66-68(74-58-37-14-4-25-46(58)47-26-5-15-38-59(47)74)70(76-62-41-18-8-29-50(62)51-30-9-19-42-63(51)76)72-71(77-64-43-20-10-31-52(64)53-32-11-21-44-65(53)77)69(66)75-60-39-16-6-27-48(60)49-28-7-17-40-61(49)75/h1-44H. The molecule has 0 N–H and O–H groups in total. The predicted octanol–water partition coefficient (Wildman–Crippen LogP) is 18.2. The van der Waals surface area contributed by atoms with E-state index in [9.17, 15) is 0 Å². The summed E-state index contributed by atoms with van der Waals surface area (Å²) in [6, 6.07) is 97.7. The van der Waals surface area contributed by atoms with Gasteiger partial charge in [0.05, 0.1) is 55.2 Å². The van der Waals surface area contributed by atoms with Crippen LogP contribution in [0.2, 0.25) is 0 Å². The first-order chi connectivity index (χ1) is 38.3. The molecule has 0 amide bonds. The summed E-state index contributed by atoms with van der Waals surface area (Å²) >= 11 is 0. The van der Waals surface area contributed by atoms with Crippen molar-refractivity contribution in [2.45, 2.75) is 0 Å². The van der Waals surface area contributed by atoms with Gasteiger partial charge in [0.1, 0.15) is 11.4 Å². The number of para-hydroxylation sites is 11. The SMILES string of the molecule is c1ccc(-n2c3ccccc3c3cccc(-c4c(-n5c6ccccc6c6ccccc65)c(-n5c6ccccc6c6ccccc65)nc(-n5c6ccccc6c6ccccc65)c4-n4c5ccccc5c5ccccc54)c32)cc1. The first kappa shape index (κ1) is 42.0. The van der Waals surface area contributed by atoms with Crippen LogP contribution in [0.15, 0.2) is 267 Å². The predicted molar refractivity (Wildman–Crippen MR) is 321 cm³/mol. The average Bonchev–Trinajstić information content (AvgIpc) is 4.31. The Kier molecular flexibility index (Phi) is 8.74. The lowest BCUT2D eigenvalue weighted by molar-refractivity contribution is 0.961. The second-order valence-corrected chi connectivity index (χ2v) is 20.2. The molecule has 11 aromatic carbocycles. The van der Waals surface area contributed by atoms with Crippen molar-refractivity contribution in [1.82, 2.24) is 27.8 Å². The summed E-state index contributed by atoms with van der Waals surface area (Å²) in [5.41, 5.74) is 16.0. The van der Waals surface area contributed by atoms with E-state index in [1.807, 2.05) is 0 Å². The molecular formula is C71H44N6. The Labute approximate surface area is 441 Å². The molecule has 0 fully saturated rings. The highest BCUT2D eigenvalue weighted by molar-refractivity contribution is 6.19. The molecule has 6 nitrogen and oxygen atoms in total. The Bertz CT molecular complexity index is 4830. The molecule has 0 aliphatic rings. The minimum atomic E-state index is 0.810. The maximum absolute atomic E-state index is 6.46. The largest absolute Gasteiger partial charge is 0.309 e. The van der Waals surface area contributed by atoms with Crippen molar-refractivity contribution >= 4 is 109 Å². The Hall–Kier alpha value is -10.4. The van der Waals surface area contributed by atoms with Gasteiger partial charge in [0.15, 0.2) is 11.6 Å². The molecule has 6 heterocycles. The third kappa shape index (κ3) is 5.76. The van der Waals surface area contributed by atoms with Gasteiger partial charge >= 0.3 is 0 Å². The van der Waals surface area contributed by atoms with Gasteiger partial charge in [-0.15, -0.1) is 0 Å². The van der Waals surface area contributed by atoms with Gasteiger partial charge in [-0.25, -0.2) is 4.98 Å². The van der Waals surface area contributed by atoms with Crippen molar-refractivity contribution in [1.29, 1.82) is 0 Å². The molecule has 358 valence electrons. The van der Waals surface area contributed by atoms with Crippen LogP contribution in [0.25, 0.3) is 149 Å². The van der Waals surface area contributed by atoms with Crippen molar-refractivity contribution in [3.8, 4) is 39.8 Å². The number of hydrogen-bond acceptors (Lipinski definition) is 1. The van der Waals surface area contributed by atoms with Crippen molar-refractivity contribution in [2.24, 2.45) is 0 Å². The summed E-state index contributed by atoms with van der Waals surface area (Å²) in [5, 5.41) is 11.7. The topological polar surface area (TPSA) is 37.5 Å². The molecule has 17 rings (SSSR count). The highest BCUT2D eigenvalue weighted by atomic mass is 15.2. The molecule has 0 saturated heterocycles. The van der Waals surface area contributed by atoms with Crippen LogP contribution in [0.5, 0.6) is 0 Å². The van der Waals surface area contributed by atoms with Gasteiger partial charge in [-0.05, 0) is 66.7 Å². The monoisotopic (exact) mass is 980 g/mol. The van der Waals surface area contributed by atoms with E-state index in [1.165, 1.54) is 26.9 Å². The van der Waals surface area contributed by atoms with Crippen molar-refractivity contribution < 1.29 is 0 Å². The van der Waals surface area contributed by atoms with E-state index in [1.54, 1.807) is 0 Å². The summed E-state index contributed by atoms with van der Waals surface area (Å²) in [6.07, 6.45) is 0. The second kappa shape index (κ2) is 16.0. The maximum atomic E-state index is 6.46. The summed E-state index contributed by atoms with van der Waals surface area (Å²) in [5.74, 6) is 1.62. The number of benzene rings is 11. The molecule has 77 heavy (non-hydrogen) atoms. The summed E-state index contributed by atoms with van der Waals surface area (Å²) in [7, 11) is 0. The zero-order valence-corrected chi connectivity index (χ0v) is 41.6. The molecule has 17 aromatic rings. The molecular weight excluding hydrogens is 937 g/mol. The van der Waals surface area contributed by atoms with Gasteiger partial charge < -0.3 is 13.7 Å². The van der Waals surface area contributed by atoms with Crippen molar-refractivity contribution in [3.63, 3.8) is 0 Å². The van der Waals surface area contributed by atoms with Crippen LogP contribution in [0, 0.1) is 0 Å².